The minimum absolute atomic E-state index is 0.0617. The van der Waals surface area contributed by atoms with Gasteiger partial charge in [0, 0.05) is 18.5 Å². The van der Waals surface area contributed by atoms with E-state index in [9.17, 15) is 14.4 Å². The van der Waals surface area contributed by atoms with Gasteiger partial charge in [-0.2, -0.15) is 0 Å². The van der Waals surface area contributed by atoms with Crippen LogP contribution in [0.1, 0.15) is 60.6 Å². The van der Waals surface area contributed by atoms with Gasteiger partial charge in [-0.1, -0.05) is 29.8 Å². The summed E-state index contributed by atoms with van der Waals surface area (Å²) in [4.78, 5) is 38.4. The Morgan fingerprint density at radius 1 is 0.920 bits per heavy atom. The highest BCUT2D eigenvalue weighted by molar-refractivity contribution is 6.21. The zero-order valence-electron chi connectivity index (χ0n) is 14.8. The van der Waals surface area contributed by atoms with Crippen LogP contribution in [0.4, 0.5) is 0 Å². The van der Waals surface area contributed by atoms with Gasteiger partial charge in [0.05, 0.1) is 11.1 Å². The maximum absolute atomic E-state index is 12.6. The molecule has 0 aromatic heterocycles. The Hall–Kier alpha value is -2.75. The number of imide groups is 1. The summed E-state index contributed by atoms with van der Waals surface area (Å²) in [5.41, 5.74) is 4.74. The van der Waals surface area contributed by atoms with E-state index in [2.05, 4.69) is 0 Å². The first-order valence-electron chi connectivity index (χ1n) is 8.46. The molecule has 0 bridgehead atoms. The van der Waals surface area contributed by atoms with Gasteiger partial charge >= 0.3 is 0 Å². The summed E-state index contributed by atoms with van der Waals surface area (Å²) in [5, 5.41) is 0. The number of aryl methyl sites for hydroxylation is 3. The Kier molecular flexibility index (Phi) is 4.53. The van der Waals surface area contributed by atoms with Crippen LogP contribution in [0.2, 0.25) is 0 Å². The summed E-state index contributed by atoms with van der Waals surface area (Å²) in [6, 6.07) is 10.8. The molecule has 4 heteroatoms. The third-order valence-electron chi connectivity index (χ3n) is 4.62. The molecule has 128 valence electrons. The lowest BCUT2D eigenvalue weighted by Gasteiger charge is -2.14. The van der Waals surface area contributed by atoms with Crippen LogP contribution >= 0.6 is 0 Å². The first-order chi connectivity index (χ1) is 11.9. The Bertz CT molecular complexity index is 824. The van der Waals surface area contributed by atoms with Crippen LogP contribution in [-0.2, 0) is 0 Å². The van der Waals surface area contributed by atoms with Gasteiger partial charge in [-0.15, -0.1) is 0 Å². The van der Waals surface area contributed by atoms with Crippen LogP contribution in [0.3, 0.4) is 0 Å². The molecule has 0 atom stereocenters. The lowest BCUT2D eigenvalue weighted by Crippen LogP contribution is -2.31. The predicted octanol–water partition coefficient (Wildman–Crippen LogP) is 3.87. The number of Topliss-reactive ketones (excluding diaryl/α,β-unsaturated/α-hetero) is 1. The van der Waals surface area contributed by atoms with Crippen LogP contribution in [0.25, 0.3) is 0 Å². The van der Waals surface area contributed by atoms with E-state index in [0.717, 1.165) is 22.3 Å². The molecule has 2 aromatic rings. The number of fused-ring (bicyclic) bond motifs is 1. The maximum Gasteiger partial charge on any atom is 0.261 e. The molecule has 4 nitrogen and oxygen atoms in total. The van der Waals surface area contributed by atoms with Crippen molar-refractivity contribution >= 4 is 17.6 Å². The highest BCUT2D eigenvalue weighted by Gasteiger charge is 2.34. The van der Waals surface area contributed by atoms with Gasteiger partial charge in [-0.05, 0) is 50.5 Å². The number of carbonyl (C=O) groups is 3. The van der Waals surface area contributed by atoms with E-state index in [1.54, 1.807) is 24.3 Å². The second-order valence-corrected chi connectivity index (χ2v) is 6.61. The van der Waals surface area contributed by atoms with Crippen molar-refractivity contribution < 1.29 is 14.4 Å². The highest BCUT2D eigenvalue weighted by atomic mass is 16.2. The summed E-state index contributed by atoms with van der Waals surface area (Å²) in [7, 11) is 0. The monoisotopic (exact) mass is 335 g/mol. The third-order valence-corrected chi connectivity index (χ3v) is 4.62. The van der Waals surface area contributed by atoms with Crippen LogP contribution < -0.4 is 0 Å². The van der Waals surface area contributed by atoms with E-state index in [1.165, 1.54) is 4.90 Å². The Balaban J connectivity index is 1.66. The van der Waals surface area contributed by atoms with Crippen molar-refractivity contribution in [3.8, 4) is 0 Å². The first kappa shape index (κ1) is 17.1. The molecule has 2 aromatic carbocycles. The number of ketones is 1. The molecule has 0 radical (unpaired) electrons. The van der Waals surface area contributed by atoms with Crippen molar-refractivity contribution in [2.75, 3.05) is 6.54 Å². The largest absolute Gasteiger partial charge is 0.294 e. The predicted molar refractivity (Wildman–Crippen MR) is 96.0 cm³/mol. The zero-order chi connectivity index (χ0) is 18.1. The van der Waals surface area contributed by atoms with Crippen LogP contribution in [0.5, 0.6) is 0 Å². The van der Waals surface area contributed by atoms with E-state index in [-0.39, 0.29) is 24.1 Å². The third kappa shape index (κ3) is 3.12. The quantitative estimate of drug-likeness (QED) is 0.616. The second kappa shape index (κ2) is 6.63. The number of carbonyl (C=O) groups excluding carboxylic acids is 3. The molecule has 0 N–H and O–H groups in total. The molecule has 25 heavy (non-hydrogen) atoms. The first-order valence-corrected chi connectivity index (χ1v) is 8.46. The van der Waals surface area contributed by atoms with E-state index in [0.29, 0.717) is 24.0 Å². The molecule has 0 saturated heterocycles. The fourth-order valence-electron chi connectivity index (χ4n) is 3.58. The van der Waals surface area contributed by atoms with Crippen molar-refractivity contribution in [3.05, 3.63) is 69.8 Å². The van der Waals surface area contributed by atoms with Crippen LogP contribution in [-0.4, -0.2) is 29.0 Å². The normalized spacial score (nSPS) is 13.3. The van der Waals surface area contributed by atoms with Gasteiger partial charge in [-0.25, -0.2) is 0 Å². The van der Waals surface area contributed by atoms with Crippen molar-refractivity contribution in [1.82, 2.24) is 4.90 Å². The van der Waals surface area contributed by atoms with E-state index < -0.39 is 0 Å². The average Bonchev–Trinajstić information content (AvgIpc) is 2.79. The zero-order valence-corrected chi connectivity index (χ0v) is 14.8. The SMILES string of the molecule is Cc1cc(C)c(C(=O)CCCN2C(=O)c3ccccc3C2=O)c(C)c1. The molecule has 3 rings (SSSR count). The standard InChI is InChI=1S/C21H21NO3/c1-13-11-14(2)19(15(3)12-13)18(23)9-6-10-22-20(24)16-7-4-5-8-17(16)21(22)25/h4-5,7-8,11-12H,6,9-10H2,1-3H3. The van der Waals surface area contributed by atoms with Gasteiger partial charge in [0.2, 0.25) is 0 Å². The Morgan fingerprint density at radius 3 is 1.96 bits per heavy atom. The molecular weight excluding hydrogens is 314 g/mol. The summed E-state index contributed by atoms with van der Waals surface area (Å²) in [6.45, 7) is 6.16. The molecule has 1 aliphatic rings. The number of hydrogen-bond donors (Lipinski definition) is 0. The summed E-state index contributed by atoms with van der Waals surface area (Å²) >= 11 is 0. The molecule has 0 aliphatic carbocycles. The summed E-state index contributed by atoms with van der Waals surface area (Å²) in [5.74, 6) is -0.474. The molecule has 0 unspecified atom stereocenters. The number of amides is 2. The average molecular weight is 335 g/mol. The summed E-state index contributed by atoms with van der Waals surface area (Å²) < 4.78 is 0. The number of rotatable bonds is 5. The fourth-order valence-corrected chi connectivity index (χ4v) is 3.58. The van der Waals surface area contributed by atoms with Crippen molar-refractivity contribution in [1.29, 1.82) is 0 Å². The van der Waals surface area contributed by atoms with Gasteiger partial charge < -0.3 is 0 Å². The number of hydrogen-bond acceptors (Lipinski definition) is 3. The van der Waals surface area contributed by atoms with Crippen molar-refractivity contribution in [2.24, 2.45) is 0 Å². The van der Waals surface area contributed by atoms with Gasteiger partial charge in [0.15, 0.2) is 5.78 Å². The molecule has 2 amide bonds. The second-order valence-electron chi connectivity index (χ2n) is 6.61. The molecule has 0 fully saturated rings. The summed E-state index contributed by atoms with van der Waals surface area (Å²) in [6.07, 6.45) is 0.787. The lowest BCUT2D eigenvalue weighted by atomic mass is 9.94. The highest BCUT2D eigenvalue weighted by Crippen LogP contribution is 2.23. The minimum Gasteiger partial charge on any atom is -0.294 e. The molecule has 0 spiro atoms. The van der Waals surface area contributed by atoms with Crippen LogP contribution in [0.15, 0.2) is 36.4 Å². The smallest absolute Gasteiger partial charge is 0.261 e. The minimum atomic E-state index is -0.268. The Labute approximate surface area is 147 Å². The topological polar surface area (TPSA) is 54.5 Å². The van der Waals surface area contributed by atoms with E-state index in [1.807, 2.05) is 32.9 Å². The maximum atomic E-state index is 12.6. The van der Waals surface area contributed by atoms with Gasteiger partial charge in [0.1, 0.15) is 0 Å². The lowest BCUT2D eigenvalue weighted by molar-refractivity contribution is 0.0647. The van der Waals surface area contributed by atoms with E-state index >= 15 is 0 Å². The molecule has 0 saturated carbocycles. The van der Waals surface area contributed by atoms with Crippen molar-refractivity contribution in [2.45, 2.75) is 33.6 Å². The van der Waals surface area contributed by atoms with Gasteiger partial charge in [-0.3, -0.25) is 19.3 Å². The van der Waals surface area contributed by atoms with Gasteiger partial charge in [0.25, 0.3) is 11.8 Å². The van der Waals surface area contributed by atoms with E-state index in [4.69, 9.17) is 0 Å². The molecular formula is C21H21NO3. The Morgan fingerprint density at radius 2 is 1.44 bits per heavy atom. The number of benzene rings is 2. The number of nitrogens with zero attached hydrogens (tertiary/aromatic N) is 1. The fraction of sp³-hybridized carbons (Fsp3) is 0.286. The molecule has 1 aliphatic heterocycles. The van der Waals surface area contributed by atoms with Crippen LogP contribution in [0, 0.1) is 20.8 Å². The molecule has 1 heterocycles. The van der Waals surface area contributed by atoms with Crippen molar-refractivity contribution in [3.63, 3.8) is 0 Å².